The Morgan fingerprint density at radius 1 is 0.852 bits per heavy atom. The number of hydrogen-bond donors (Lipinski definition) is 0. The molecule has 2 aromatic carbocycles. The zero-order valence-corrected chi connectivity index (χ0v) is 20.0. The summed E-state index contributed by atoms with van der Waals surface area (Å²) in [7, 11) is 1.71. The third-order valence-corrected chi connectivity index (χ3v) is 5.88. The summed E-state index contributed by atoms with van der Waals surface area (Å²) in [5, 5.41) is 9.49. The lowest BCUT2D eigenvalue weighted by molar-refractivity contribution is 0.392. The highest BCUT2D eigenvalue weighted by Gasteiger charge is 2.27. The van der Waals surface area contributed by atoms with Gasteiger partial charge in [-0.15, -0.1) is 15.0 Å². The monoisotopic (exact) mass is 493 g/mol. The van der Waals surface area contributed by atoms with Crippen molar-refractivity contribution in [2.75, 3.05) is 7.11 Å². The molecule has 0 aliphatic carbocycles. The van der Waals surface area contributed by atoms with E-state index < -0.39 is 0 Å². The minimum atomic E-state index is -0.0743. The average Bonchev–Trinajstić information content (AvgIpc) is 3.02. The molecule has 1 aromatic heterocycles. The molecule has 0 N–H and O–H groups in total. The Balaban J connectivity index is 2.38. The van der Waals surface area contributed by atoms with E-state index in [9.17, 15) is 0 Å². The zero-order chi connectivity index (χ0) is 20.1. The van der Waals surface area contributed by atoms with Crippen LogP contribution in [0.3, 0.4) is 0 Å². The van der Waals surface area contributed by atoms with Gasteiger partial charge in [-0.1, -0.05) is 47.6 Å². The minimum absolute atomic E-state index is 0.00519. The SMILES string of the molecule is COc1c(-n2nc3c(Br)ccc(Br)c3n2)cc(C(C)(C)C)cc1C(C)(C)C. The molecule has 0 saturated heterocycles. The highest BCUT2D eigenvalue weighted by molar-refractivity contribution is 9.11. The molecule has 0 radical (unpaired) electrons. The minimum Gasteiger partial charge on any atom is -0.494 e. The molecule has 0 unspecified atom stereocenters. The predicted molar refractivity (Wildman–Crippen MR) is 118 cm³/mol. The number of hydrogen-bond acceptors (Lipinski definition) is 3. The number of halogens is 2. The lowest BCUT2D eigenvalue weighted by Gasteiger charge is -2.28. The molecule has 0 aliphatic rings. The van der Waals surface area contributed by atoms with Crippen molar-refractivity contribution in [1.82, 2.24) is 15.0 Å². The second kappa shape index (κ2) is 6.89. The van der Waals surface area contributed by atoms with Crippen LogP contribution in [0, 0.1) is 0 Å². The normalized spacial score (nSPS) is 12.6. The Labute approximate surface area is 177 Å². The maximum Gasteiger partial charge on any atom is 0.150 e. The fraction of sp³-hybridized carbons (Fsp3) is 0.429. The molecule has 0 bridgehead atoms. The molecule has 1 heterocycles. The molecule has 4 nitrogen and oxygen atoms in total. The third-order valence-electron chi connectivity index (χ3n) is 4.61. The van der Waals surface area contributed by atoms with Gasteiger partial charge in [0, 0.05) is 14.5 Å². The van der Waals surface area contributed by atoms with Gasteiger partial charge >= 0.3 is 0 Å². The van der Waals surface area contributed by atoms with E-state index in [-0.39, 0.29) is 10.8 Å². The first kappa shape index (κ1) is 20.3. The number of fused-ring (bicyclic) bond motifs is 1. The first-order valence-corrected chi connectivity index (χ1v) is 10.5. The number of nitrogens with zero attached hydrogens (tertiary/aromatic N) is 3. The molecule has 0 fully saturated rings. The van der Waals surface area contributed by atoms with E-state index in [4.69, 9.17) is 14.9 Å². The van der Waals surface area contributed by atoms with Gasteiger partial charge in [-0.3, -0.25) is 0 Å². The smallest absolute Gasteiger partial charge is 0.150 e. The van der Waals surface area contributed by atoms with Crippen LogP contribution in [-0.4, -0.2) is 22.1 Å². The number of methoxy groups -OCH3 is 1. The fourth-order valence-electron chi connectivity index (χ4n) is 3.01. The molecular weight excluding hydrogens is 470 g/mol. The predicted octanol–water partition coefficient (Wildman–Crippen LogP) is 6.55. The Hall–Kier alpha value is -1.40. The Morgan fingerprint density at radius 3 is 1.78 bits per heavy atom. The van der Waals surface area contributed by atoms with Crippen molar-refractivity contribution in [3.8, 4) is 11.4 Å². The zero-order valence-electron chi connectivity index (χ0n) is 16.8. The second-order valence-electron chi connectivity index (χ2n) is 8.79. The van der Waals surface area contributed by atoms with E-state index in [0.717, 1.165) is 37.0 Å². The molecule has 3 aromatic rings. The summed E-state index contributed by atoms with van der Waals surface area (Å²) < 4.78 is 7.68. The van der Waals surface area contributed by atoms with Crippen molar-refractivity contribution in [1.29, 1.82) is 0 Å². The summed E-state index contributed by atoms with van der Waals surface area (Å²) in [5.74, 6) is 0.808. The number of benzene rings is 2. The highest BCUT2D eigenvalue weighted by Crippen LogP contribution is 2.40. The lowest BCUT2D eigenvalue weighted by atomic mass is 9.79. The first-order chi connectivity index (χ1) is 12.4. The van der Waals surface area contributed by atoms with Gasteiger partial charge in [0.1, 0.15) is 22.5 Å². The highest BCUT2D eigenvalue weighted by atomic mass is 79.9. The number of aromatic nitrogens is 3. The lowest BCUT2D eigenvalue weighted by Crippen LogP contribution is -2.19. The van der Waals surface area contributed by atoms with E-state index in [2.05, 4.69) is 85.5 Å². The van der Waals surface area contributed by atoms with Crippen molar-refractivity contribution in [2.45, 2.75) is 52.4 Å². The van der Waals surface area contributed by atoms with Gasteiger partial charge in [0.05, 0.1) is 7.11 Å². The van der Waals surface area contributed by atoms with E-state index in [1.807, 2.05) is 12.1 Å². The van der Waals surface area contributed by atoms with Gasteiger partial charge in [-0.25, -0.2) is 0 Å². The molecule has 0 amide bonds. The standard InChI is InChI=1S/C21H25Br2N3O/c1-20(2,3)12-10-13(21(4,5)6)19(27-7)16(11-12)26-24-17-14(22)8-9-15(23)18(17)25-26/h8-11H,1-7H3. The molecular formula is C21H25Br2N3O. The van der Waals surface area contributed by atoms with Gasteiger partial charge in [-0.05, 0) is 66.5 Å². The molecule has 144 valence electrons. The van der Waals surface area contributed by atoms with Crippen molar-refractivity contribution in [3.05, 3.63) is 44.3 Å². The topological polar surface area (TPSA) is 39.9 Å². The Bertz CT molecular complexity index is 972. The van der Waals surface area contributed by atoms with E-state index in [0.29, 0.717) is 0 Å². The summed E-state index contributed by atoms with van der Waals surface area (Å²) in [5.41, 5.74) is 4.76. The van der Waals surface area contributed by atoms with E-state index in [1.165, 1.54) is 5.56 Å². The third kappa shape index (κ3) is 3.79. The Morgan fingerprint density at radius 2 is 1.37 bits per heavy atom. The summed E-state index contributed by atoms with van der Waals surface area (Å²) >= 11 is 7.15. The van der Waals surface area contributed by atoms with Crippen LogP contribution >= 0.6 is 31.9 Å². The molecule has 6 heteroatoms. The van der Waals surface area contributed by atoms with Crippen LogP contribution in [0.15, 0.2) is 33.2 Å². The maximum atomic E-state index is 5.86. The summed E-state index contributed by atoms with van der Waals surface area (Å²) in [6.07, 6.45) is 0. The largest absolute Gasteiger partial charge is 0.494 e. The van der Waals surface area contributed by atoms with Crippen molar-refractivity contribution in [2.24, 2.45) is 0 Å². The van der Waals surface area contributed by atoms with Crippen LogP contribution in [0.1, 0.15) is 52.7 Å². The summed E-state index contributed by atoms with van der Waals surface area (Å²) in [4.78, 5) is 1.68. The molecule has 0 aliphatic heterocycles. The quantitative estimate of drug-likeness (QED) is 0.405. The van der Waals surface area contributed by atoms with E-state index in [1.54, 1.807) is 11.9 Å². The van der Waals surface area contributed by atoms with Crippen molar-refractivity contribution >= 4 is 42.9 Å². The first-order valence-electron chi connectivity index (χ1n) is 8.88. The number of rotatable bonds is 2. The summed E-state index contributed by atoms with van der Waals surface area (Å²) in [6, 6.07) is 8.32. The van der Waals surface area contributed by atoms with Crippen LogP contribution in [-0.2, 0) is 10.8 Å². The van der Waals surface area contributed by atoms with E-state index >= 15 is 0 Å². The average molecular weight is 495 g/mol. The van der Waals surface area contributed by atoms with Crippen LogP contribution in [0.5, 0.6) is 5.75 Å². The van der Waals surface area contributed by atoms with Crippen molar-refractivity contribution < 1.29 is 4.74 Å². The van der Waals surface area contributed by atoms with Crippen LogP contribution in [0.25, 0.3) is 16.7 Å². The van der Waals surface area contributed by atoms with Crippen molar-refractivity contribution in [3.63, 3.8) is 0 Å². The number of ether oxygens (including phenoxy) is 1. The summed E-state index contributed by atoms with van der Waals surface area (Å²) in [6.45, 7) is 13.2. The maximum absolute atomic E-state index is 5.86. The fourth-order valence-corrected chi connectivity index (χ4v) is 3.81. The molecule has 0 saturated carbocycles. The second-order valence-corrected chi connectivity index (χ2v) is 10.5. The Kier molecular flexibility index (Phi) is 5.19. The molecule has 0 spiro atoms. The van der Waals surface area contributed by atoms with Gasteiger partial charge in [0.25, 0.3) is 0 Å². The van der Waals surface area contributed by atoms with Gasteiger partial charge < -0.3 is 4.74 Å². The molecule has 3 rings (SSSR count). The van der Waals surface area contributed by atoms with Gasteiger partial charge in [-0.2, -0.15) is 0 Å². The van der Waals surface area contributed by atoms with Crippen LogP contribution < -0.4 is 4.74 Å². The van der Waals surface area contributed by atoms with Gasteiger partial charge in [0.2, 0.25) is 0 Å². The van der Waals surface area contributed by atoms with Crippen LogP contribution in [0.2, 0.25) is 0 Å². The molecule has 0 atom stereocenters. The molecule has 27 heavy (non-hydrogen) atoms. The van der Waals surface area contributed by atoms with Crippen LogP contribution in [0.4, 0.5) is 0 Å². The van der Waals surface area contributed by atoms with Gasteiger partial charge in [0.15, 0.2) is 0 Å².